The van der Waals surface area contributed by atoms with Crippen molar-refractivity contribution in [2.75, 3.05) is 45.1 Å². The van der Waals surface area contributed by atoms with Gasteiger partial charge in [0.05, 0.1) is 25.5 Å². The lowest BCUT2D eigenvalue weighted by Crippen LogP contribution is -2.41. The lowest BCUT2D eigenvalue weighted by Gasteiger charge is -2.21. The zero-order valence-corrected chi connectivity index (χ0v) is 17.8. The van der Waals surface area contributed by atoms with E-state index in [0.29, 0.717) is 38.1 Å². The molecule has 0 spiro atoms. The molecule has 0 saturated carbocycles. The van der Waals surface area contributed by atoms with Crippen LogP contribution in [-0.4, -0.2) is 61.4 Å². The summed E-state index contributed by atoms with van der Waals surface area (Å²) in [4.78, 5) is 11.1. The first-order valence-electron chi connectivity index (χ1n) is 9.45. The molecule has 0 aliphatic carbocycles. The van der Waals surface area contributed by atoms with Crippen molar-refractivity contribution in [2.24, 2.45) is 5.10 Å². The molecular formula is C19H30N4O4S. The summed E-state index contributed by atoms with van der Waals surface area (Å²) in [5.74, 6) is 0.878. The van der Waals surface area contributed by atoms with Crippen molar-refractivity contribution in [3.05, 3.63) is 24.3 Å². The summed E-state index contributed by atoms with van der Waals surface area (Å²) in [5.41, 5.74) is 4.17. The summed E-state index contributed by atoms with van der Waals surface area (Å²) in [5, 5.41) is 9.44. The van der Waals surface area contributed by atoms with Gasteiger partial charge in [-0.2, -0.15) is 0 Å². The summed E-state index contributed by atoms with van der Waals surface area (Å²) in [6.45, 7) is 8.04. The second-order valence-electron chi connectivity index (χ2n) is 6.41. The number of rotatable bonds is 12. The van der Waals surface area contributed by atoms with E-state index >= 15 is 0 Å². The van der Waals surface area contributed by atoms with Gasteiger partial charge in [-0.25, -0.2) is 10.1 Å². The van der Waals surface area contributed by atoms with Crippen LogP contribution in [0.15, 0.2) is 29.4 Å². The highest BCUT2D eigenvalue weighted by atomic mass is 32.2. The maximum absolute atomic E-state index is 11.1. The Bertz CT molecular complexity index is 639. The maximum atomic E-state index is 11.1. The number of anilines is 1. The second-order valence-corrected chi connectivity index (χ2v) is 7.95. The number of nitrogens with zero attached hydrogens (tertiary/aromatic N) is 3. The quantitative estimate of drug-likeness (QED) is 0.527. The van der Waals surface area contributed by atoms with Gasteiger partial charge in [-0.05, 0) is 24.3 Å². The fraction of sp³-hybridized carbons (Fsp3) is 0.579. The number of hydrazone groups is 1. The number of thioether (sulfide) groups is 1. The lowest BCUT2D eigenvalue weighted by molar-refractivity contribution is -0.123. The molecule has 8 nitrogen and oxygen atoms in total. The van der Waals surface area contributed by atoms with Crippen molar-refractivity contribution in [3.8, 4) is 5.75 Å². The third-order valence-electron chi connectivity index (χ3n) is 3.63. The molecule has 0 fully saturated rings. The van der Waals surface area contributed by atoms with Gasteiger partial charge in [0.2, 0.25) is 5.17 Å². The standard InChI is InChI=1S/C19H30N4O4S/c1-5-17(24)14-26-11-10-25-12-13-27-18-8-6-16(7-9-18)23-19(28-15(2)3)20-22(4)21-23/h6-9,15,21H,5,10-14H2,1-4H3. The first-order chi connectivity index (χ1) is 13.5. The van der Waals surface area contributed by atoms with E-state index in [9.17, 15) is 4.79 Å². The van der Waals surface area contributed by atoms with Gasteiger partial charge in [0.1, 0.15) is 19.0 Å². The average Bonchev–Trinajstić information content (AvgIpc) is 3.03. The van der Waals surface area contributed by atoms with Gasteiger partial charge in [-0.3, -0.25) is 4.79 Å². The molecule has 1 aliphatic heterocycles. The van der Waals surface area contributed by atoms with Crippen LogP contribution in [-0.2, 0) is 14.3 Å². The molecule has 0 unspecified atom stereocenters. The van der Waals surface area contributed by atoms with E-state index in [0.717, 1.165) is 16.6 Å². The number of Topliss-reactive ketones (excluding diaryl/α,β-unsaturated/α-hetero) is 1. The topological polar surface area (TPSA) is 75.6 Å². The van der Waals surface area contributed by atoms with Crippen molar-refractivity contribution >= 4 is 28.4 Å². The van der Waals surface area contributed by atoms with Crippen LogP contribution in [0.3, 0.4) is 0 Å². The van der Waals surface area contributed by atoms with Crippen LogP contribution in [0.2, 0.25) is 0 Å². The highest BCUT2D eigenvalue weighted by Crippen LogP contribution is 2.25. The van der Waals surface area contributed by atoms with Crippen LogP contribution in [0.5, 0.6) is 5.75 Å². The number of benzene rings is 1. The minimum absolute atomic E-state index is 0.101. The first-order valence-corrected chi connectivity index (χ1v) is 10.3. The number of amidine groups is 1. The summed E-state index contributed by atoms with van der Waals surface area (Å²) >= 11 is 1.70. The Morgan fingerprint density at radius 1 is 1.14 bits per heavy atom. The van der Waals surface area contributed by atoms with Crippen molar-refractivity contribution in [1.29, 1.82) is 0 Å². The molecule has 1 aliphatic rings. The fourth-order valence-corrected chi connectivity index (χ4v) is 3.10. The Labute approximate surface area is 171 Å². The lowest BCUT2D eigenvalue weighted by atomic mass is 10.3. The van der Waals surface area contributed by atoms with Crippen LogP contribution in [0.25, 0.3) is 0 Å². The molecule has 2 rings (SSSR count). The molecule has 1 aromatic carbocycles. The number of nitrogens with one attached hydrogen (secondary N) is 1. The largest absolute Gasteiger partial charge is 0.491 e. The smallest absolute Gasteiger partial charge is 0.205 e. The first kappa shape index (κ1) is 22.5. The number of hydrazine groups is 2. The Balaban J connectivity index is 1.67. The number of hydrogen-bond donors (Lipinski definition) is 1. The molecule has 28 heavy (non-hydrogen) atoms. The van der Waals surface area contributed by atoms with E-state index in [2.05, 4.69) is 24.5 Å². The summed E-state index contributed by atoms with van der Waals surface area (Å²) < 4.78 is 16.3. The van der Waals surface area contributed by atoms with Gasteiger partial charge in [0.25, 0.3) is 0 Å². The predicted molar refractivity (Wildman–Crippen MR) is 112 cm³/mol. The molecule has 1 aromatic rings. The average molecular weight is 411 g/mol. The van der Waals surface area contributed by atoms with Crippen LogP contribution in [0, 0.1) is 0 Å². The molecule has 9 heteroatoms. The second kappa shape index (κ2) is 11.9. The third-order valence-corrected chi connectivity index (χ3v) is 4.58. The summed E-state index contributed by atoms with van der Waals surface area (Å²) in [6, 6.07) is 7.81. The normalized spacial score (nSPS) is 14.0. The van der Waals surface area contributed by atoms with E-state index in [4.69, 9.17) is 14.2 Å². The zero-order chi connectivity index (χ0) is 20.4. The van der Waals surface area contributed by atoms with E-state index in [1.807, 2.05) is 43.2 Å². The Morgan fingerprint density at radius 3 is 2.50 bits per heavy atom. The molecule has 0 aromatic heterocycles. The SMILES string of the molecule is CCC(=O)COCCOCCOc1ccc(N2NN(C)N=C2SC(C)C)cc1. The zero-order valence-electron chi connectivity index (χ0n) is 17.0. The minimum atomic E-state index is 0.101. The maximum Gasteiger partial charge on any atom is 0.205 e. The Kier molecular flexibility index (Phi) is 9.56. The molecule has 0 bridgehead atoms. The molecular weight excluding hydrogens is 380 g/mol. The molecule has 156 valence electrons. The van der Waals surface area contributed by atoms with Crippen LogP contribution < -0.4 is 15.3 Å². The number of carbonyl (C=O) groups excluding carboxylic acids is 1. The van der Waals surface area contributed by atoms with Gasteiger partial charge >= 0.3 is 0 Å². The van der Waals surface area contributed by atoms with Gasteiger partial charge < -0.3 is 14.2 Å². The minimum Gasteiger partial charge on any atom is -0.491 e. The number of hydrogen-bond acceptors (Lipinski definition) is 9. The fourth-order valence-electron chi connectivity index (χ4n) is 2.26. The van der Waals surface area contributed by atoms with E-state index in [-0.39, 0.29) is 12.4 Å². The van der Waals surface area contributed by atoms with Gasteiger partial charge in [-0.1, -0.05) is 32.5 Å². The Hall–Kier alpha value is -1.81. The van der Waals surface area contributed by atoms with Crippen molar-refractivity contribution < 1.29 is 19.0 Å². The van der Waals surface area contributed by atoms with Crippen molar-refractivity contribution in [3.63, 3.8) is 0 Å². The number of ether oxygens (including phenoxy) is 3. The third kappa shape index (κ3) is 7.67. The van der Waals surface area contributed by atoms with Gasteiger partial charge in [0, 0.05) is 18.7 Å². The highest BCUT2D eigenvalue weighted by Gasteiger charge is 2.23. The van der Waals surface area contributed by atoms with Crippen LogP contribution >= 0.6 is 11.8 Å². The van der Waals surface area contributed by atoms with Crippen LogP contribution in [0.1, 0.15) is 27.2 Å². The van der Waals surface area contributed by atoms with Crippen LogP contribution in [0.4, 0.5) is 5.69 Å². The summed E-state index contributed by atoms with van der Waals surface area (Å²) in [6.07, 6.45) is 0.503. The summed E-state index contributed by atoms with van der Waals surface area (Å²) in [7, 11) is 1.87. The molecule has 1 N–H and O–H groups in total. The molecule has 0 atom stereocenters. The molecule has 0 amide bonds. The predicted octanol–water partition coefficient (Wildman–Crippen LogP) is 2.66. The molecule has 0 radical (unpaired) electrons. The van der Waals surface area contributed by atoms with E-state index in [1.54, 1.807) is 16.9 Å². The van der Waals surface area contributed by atoms with E-state index < -0.39 is 0 Å². The van der Waals surface area contributed by atoms with E-state index in [1.165, 1.54) is 0 Å². The van der Waals surface area contributed by atoms with Crippen molar-refractivity contribution in [2.45, 2.75) is 32.4 Å². The number of carbonyl (C=O) groups is 1. The molecule has 1 heterocycles. The van der Waals surface area contributed by atoms with Crippen molar-refractivity contribution in [1.82, 2.24) is 10.7 Å². The highest BCUT2D eigenvalue weighted by molar-refractivity contribution is 8.14. The monoisotopic (exact) mass is 410 g/mol. The molecule has 0 saturated heterocycles. The number of ketones is 1. The Morgan fingerprint density at radius 2 is 1.82 bits per heavy atom. The van der Waals surface area contributed by atoms with Gasteiger partial charge in [0.15, 0.2) is 5.78 Å². The van der Waals surface area contributed by atoms with Gasteiger partial charge in [-0.15, -0.1) is 10.6 Å².